The van der Waals surface area contributed by atoms with E-state index in [0.717, 1.165) is 122 Å². The van der Waals surface area contributed by atoms with Gasteiger partial charge in [0.15, 0.2) is 12.4 Å². The molecule has 0 bridgehead atoms. The molecule has 9 heteroatoms. The second-order valence-corrected chi connectivity index (χ2v) is 24.4. The summed E-state index contributed by atoms with van der Waals surface area (Å²) in [6.07, 6.45) is 94.0. The first kappa shape index (κ1) is 82.4. The fraction of sp³-hybridized carbons (Fsp3) is 0.679. The summed E-state index contributed by atoms with van der Waals surface area (Å²) in [5.41, 5.74) is 0. The number of unbranched alkanes of at least 4 members (excludes halogenated alkanes) is 27. The summed E-state index contributed by atoms with van der Waals surface area (Å²) in [6, 6.07) is 0. The van der Waals surface area contributed by atoms with E-state index in [-0.39, 0.29) is 38.6 Å². The number of carboxylic acids is 1. The SMILES string of the molecule is CC/C=C\C/C=C\C/C=C\C/C=C\C/C=C\C/C=C\CCCCCCCCCCCCCCCCCCCCCCCCC(=O)OC(COC(=O)CCCCCCC/C=C\C/C=C\C/C=C\C/C=C\C/C=C\CC)COC(OCC[N+](C)(C)C)C(=O)[O-]. The minimum atomic E-state index is -1.63. The molecule has 0 aliphatic carbocycles. The van der Waals surface area contributed by atoms with E-state index in [1.165, 1.54) is 122 Å². The summed E-state index contributed by atoms with van der Waals surface area (Å²) < 4.78 is 22.8. The smallest absolute Gasteiger partial charge is 0.306 e. The van der Waals surface area contributed by atoms with Gasteiger partial charge in [-0.25, -0.2) is 0 Å². The Labute approximate surface area is 535 Å². The summed E-state index contributed by atoms with van der Waals surface area (Å²) in [7, 11) is 5.92. The van der Waals surface area contributed by atoms with Crippen LogP contribution in [0, 0.1) is 0 Å². The van der Waals surface area contributed by atoms with Crippen molar-refractivity contribution in [1.82, 2.24) is 0 Å². The van der Waals surface area contributed by atoms with Gasteiger partial charge >= 0.3 is 11.9 Å². The van der Waals surface area contributed by atoms with Crippen molar-refractivity contribution < 1.29 is 42.9 Å². The van der Waals surface area contributed by atoms with Gasteiger partial charge in [-0.15, -0.1) is 0 Å². The van der Waals surface area contributed by atoms with Crippen LogP contribution in [-0.4, -0.2) is 82.3 Å². The van der Waals surface area contributed by atoms with Crippen molar-refractivity contribution >= 4 is 17.9 Å². The molecule has 2 unspecified atom stereocenters. The summed E-state index contributed by atoms with van der Waals surface area (Å²) >= 11 is 0. The molecule has 0 rings (SSSR count). The lowest BCUT2D eigenvalue weighted by Gasteiger charge is -2.26. The number of hydrogen-bond donors (Lipinski definition) is 0. The Bertz CT molecular complexity index is 1890. The molecule has 0 saturated carbocycles. The van der Waals surface area contributed by atoms with Gasteiger partial charge in [0.1, 0.15) is 13.2 Å². The van der Waals surface area contributed by atoms with Crippen LogP contribution in [0.3, 0.4) is 0 Å². The number of likely N-dealkylation sites (N-methyl/N-ethyl adjacent to an activating group) is 1. The topological polar surface area (TPSA) is 111 Å². The van der Waals surface area contributed by atoms with Crippen LogP contribution < -0.4 is 5.11 Å². The van der Waals surface area contributed by atoms with E-state index in [4.69, 9.17) is 18.9 Å². The fourth-order valence-electron chi connectivity index (χ4n) is 9.57. The van der Waals surface area contributed by atoms with E-state index in [1.54, 1.807) is 0 Å². The van der Waals surface area contributed by atoms with E-state index in [2.05, 4.69) is 148 Å². The van der Waals surface area contributed by atoms with Gasteiger partial charge in [-0.3, -0.25) is 9.59 Å². The van der Waals surface area contributed by atoms with Gasteiger partial charge in [-0.05, 0) is 109 Å². The number of carboxylic acid groups (broad SMARTS) is 1. The van der Waals surface area contributed by atoms with Crippen LogP contribution in [0.4, 0.5) is 0 Å². The maximum atomic E-state index is 12.9. The number of nitrogens with zero attached hydrogens (tertiary/aromatic N) is 1. The van der Waals surface area contributed by atoms with Gasteiger partial charge in [-0.2, -0.15) is 0 Å². The second kappa shape index (κ2) is 67.4. The molecule has 496 valence electrons. The van der Waals surface area contributed by atoms with Crippen molar-refractivity contribution in [2.75, 3.05) is 47.5 Å². The van der Waals surface area contributed by atoms with Crippen molar-refractivity contribution in [3.05, 3.63) is 134 Å². The van der Waals surface area contributed by atoms with Crippen LogP contribution in [0.2, 0.25) is 0 Å². The third-order valence-corrected chi connectivity index (χ3v) is 14.9. The molecule has 0 N–H and O–H groups in total. The van der Waals surface area contributed by atoms with Crippen LogP contribution >= 0.6 is 0 Å². The van der Waals surface area contributed by atoms with E-state index in [1.807, 2.05) is 21.1 Å². The van der Waals surface area contributed by atoms with Gasteiger partial charge < -0.3 is 33.3 Å². The molecule has 0 fully saturated rings. The lowest BCUT2D eigenvalue weighted by molar-refractivity contribution is -0.870. The average molecular weight is 1210 g/mol. The lowest BCUT2D eigenvalue weighted by Crippen LogP contribution is -2.44. The molecule has 0 aromatic heterocycles. The highest BCUT2D eigenvalue weighted by Crippen LogP contribution is 2.17. The van der Waals surface area contributed by atoms with Gasteiger partial charge in [0.25, 0.3) is 0 Å². The molecular weight excluding hydrogens is 1080 g/mol. The Hall–Kier alpha value is -4.57. The van der Waals surface area contributed by atoms with Crippen LogP contribution in [0.15, 0.2) is 134 Å². The van der Waals surface area contributed by atoms with Gasteiger partial charge in [-0.1, -0.05) is 295 Å². The highest BCUT2D eigenvalue weighted by molar-refractivity contribution is 5.70. The molecule has 0 heterocycles. The molecule has 0 aromatic carbocycles. The van der Waals surface area contributed by atoms with Crippen molar-refractivity contribution in [3.8, 4) is 0 Å². The number of allylic oxidation sites excluding steroid dienone is 22. The van der Waals surface area contributed by atoms with Crippen LogP contribution in [0.25, 0.3) is 0 Å². The molecule has 0 aliphatic heterocycles. The van der Waals surface area contributed by atoms with Crippen molar-refractivity contribution in [1.29, 1.82) is 0 Å². The minimum Gasteiger partial charge on any atom is -0.545 e. The lowest BCUT2D eigenvalue weighted by atomic mass is 10.0. The minimum absolute atomic E-state index is 0.140. The fourth-order valence-corrected chi connectivity index (χ4v) is 9.57. The summed E-state index contributed by atoms with van der Waals surface area (Å²) in [6.45, 7) is 4.51. The number of ether oxygens (including phenoxy) is 4. The van der Waals surface area contributed by atoms with Crippen molar-refractivity contribution in [2.45, 2.75) is 296 Å². The molecule has 2 atom stereocenters. The predicted molar refractivity (Wildman–Crippen MR) is 370 cm³/mol. The zero-order valence-corrected chi connectivity index (χ0v) is 56.6. The van der Waals surface area contributed by atoms with Crippen molar-refractivity contribution in [2.24, 2.45) is 0 Å². The molecule has 9 nitrogen and oxygen atoms in total. The van der Waals surface area contributed by atoms with E-state index in [0.29, 0.717) is 23.9 Å². The summed E-state index contributed by atoms with van der Waals surface area (Å²) in [4.78, 5) is 37.4. The Balaban J connectivity index is 4.04. The standard InChI is InChI=1S/C78H131NO8/c1-6-8-10-12-14-16-18-20-22-24-26-28-29-30-31-32-33-34-35-36-37-38-39-40-41-42-43-44-45-46-47-49-51-53-55-57-59-61-63-65-67-69-76(81)87-74(73-86-78(77(82)83)84-71-70-79(3,4)5)72-85-75(80)68-66-64-62-60-58-56-54-52-50-48-27-25-23-21-19-17-15-13-11-9-7-2/h8-11,14-17,20-23,26-28,30-31,33-34,48,52,54,74,78H,6-7,12-13,18-19,24-25,29,32,35-47,49-51,53,55-73H2,1-5H3/b10-8-,11-9-,16-14-,17-15-,22-20-,23-21-,28-26-,31-30-,34-33-,48-27-,54-52-. The molecule has 0 saturated heterocycles. The summed E-state index contributed by atoms with van der Waals surface area (Å²) in [5, 5.41) is 11.8. The molecule has 0 amide bonds. The van der Waals surface area contributed by atoms with E-state index in [9.17, 15) is 19.5 Å². The first-order valence-corrected chi connectivity index (χ1v) is 35.3. The Morgan fingerprint density at radius 3 is 0.920 bits per heavy atom. The number of rotatable bonds is 64. The van der Waals surface area contributed by atoms with Gasteiger partial charge in [0.05, 0.1) is 40.3 Å². The molecule has 87 heavy (non-hydrogen) atoms. The first-order chi connectivity index (χ1) is 42.6. The Morgan fingerprint density at radius 1 is 0.345 bits per heavy atom. The number of carbonyl (C=O) groups excluding carboxylic acids is 3. The molecule has 0 spiro atoms. The first-order valence-electron chi connectivity index (χ1n) is 35.3. The van der Waals surface area contributed by atoms with E-state index < -0.39 is 24.3 Å². The Kier molecular flexibility index (Phi) is 63.8. The number of aliphatic carboxylic acids is 1. The van der Waals surface area contributed by atoms with Crippen LogP contribution in [0.5, 0.6) is 0 Å². The third-order valence-electron chi connectivity index (χ3n) is 14.9. The maximum absolute atomic E-state index is 12.9. The highest BCUT2D eigenvalue weighted by atomic mass is 16.7. The quantitative estimate of drug-likeness (QED) is 0.0195. The zero-order valence-electron chi connectivity index (χ0n) is 56.6. The Morgan fingerprint density at radius 2 is 0.621 bits per heavy atom. The monoisotopic (exact) mass is 1210 g/mol. The summed E-state index contributed by atoms with van der Waals surface area (Å²) in [5.74, 6) is -2.31. The van der Waals surface area contributed by atoms with Gasteiger partial charge in [0.2, 0.25) is 0 Å². The van der Waals surface area contributed by atoms with Crippen LogP contribution in [-0.2, 0) is 33.3 Å². The predicted octanol–water partition coefficient (Wildman–Crippen LogP) is 20.8. The van der Waals surface area contributed by atoms with Gasteiger partial charge in [0, 0.05) is 12.8 Å². The number of carbonyl (C=O) groups is 3. The molecule has 0 aromatic rings. The largest absolute Gasteiger partial charge is 0.545 e. The van der Waals surface area contributed by atoms with E-state index >= 15 is 0 Å². The van der Waals surface area contributed by atoms with Crippen LogP contribution in [0.1, 0.15) is 284 Å². The second-order valence-electron chi connectivity index (χ2n) is 24.4. The number of quaternary nitrogens is 1. The third kappa shape index (κ3) is 68.8. The maximum Gasteiger partial charge on any atom is 0.306 e. The molecule has 0 radical (unpaired) electrons. The molecular formula is C78H131NO8. The molecule has 0 aliphatic rings. The normalized spacial score (nSPS) is 13.5. The zero-order chi connectivity index (χ0) is 63.3. The van der Waals surface area contributed by atoms with Crippen molar-refractivity contribution in [3.63, 3.8) is 0 Å². The number of esters is 2. The highest BCUT2D eigenvalue weighted by Gasteiger charge is 2.22. The average Bonchev–Trinajstić information content (AvgIpc) is 3.59. The number of hydrogen-bond acceptors (Lipinski definition) is 8.